The Morgan fingerprint density at radius 2 is 2.00 bits per heavy atom. The van der Waals surface area contributed by atoms with E-state index in [0.29, 0.717) is 43.6 Å². The highest BCUT2D eigenvalue weighted by Gasteiger charge is 2.25. The maximum atomic E-state index is 12.6. The molecule has 0 unspecified atom stereocenters. The number of likely N-dealkylation sites (N-methyl/N-ethyl adjacent to an activating group) is 1. The molecule has 1 N–H and O–H groups in total. The molecule has 33 heavy (non-hydrogen) atoms. The molecule has 1 amide bonds. The summed E-state index contributed by atoms with van der Waals surface area (Å²) in [6.07, 6.45) is 2.87. The van der Waals surface area contributed by atoms with Crippen LogP contribution in [0.15, 0.2) is 53.7 Å². The highest BCUT2D eigenvalue weighted by molar-refractivity contribution is 5.92. The lowest BCUT2D eigenvalue weighted by Gasteiger charge is -2.34. The van der Waals surface area contributed by atoms with E-state index < -0.39 is 0 Å². The number of ether oxygens (including phenoxy) is 1. The van der Waals surface area contributed by atoms with Gasteiger partial charge < -0.3 is 19.9 Å². The molecule has 1 fully saturated rings. The molecule has 2 aromatic heterocycles. The fourth-order valence-corrected chi connectivity index (χ4v) is 3.69. The van der Waals surface area contributed by atoms with E-state index in [1.807, 2.05) is 48.2 Å². The molecule has 1 saturated heterocycles. The van der Waals surface area contributed by atoms with Crippen LogP contribution in [0.4, 0.5) is 11.6 Å². The second kappa shape index (κ2) is 9.88. The van der Waals surface area contributed by atoms with Crippen LogP contribution in [-0.2, 0) is 16.6 Å². The maximum Gasteiger partial charge on any atom is 0.255 e. The average molecular weight is 450 g/mol. The molecule has 1 aliphatic rings. The molecule has 3 heterocycles. The van der Waals surface area contributed by atoms with Crippen LogP contribution in [0.1, 0.15) is 11.7 Å². The van der Waals surface area contributed by atoms with E-state index in [4.69, 9.17) is 9.72 Å². The number of aromatic nitrogens is 4. The van der Waals surface area contributed by atoms with Gasteiger partial charge in [-0.15, -0.1) is 0 Å². The number of morpholine rings is 1. The van der Waals surface area contributed by atoms with Crippen molar-refractivity contribution in [2.75, 3.05) is 50.6 Å². The van der Waals surface area contributed by atoms with E-state index in [2.05, 4.69) is 15.3 Å². The lowest BCUT2D eigenvalue weighted by Crippen LogP contribution is -2.41. The van der Waals surface area contributed by atoms with Gasteiger partial charge in [0.05, 0.1) is 31.1 Å². The van der Waals surface area contributed by atoms with E-state index in [9.17, 15) is 9.59 Å². The van der Waals surface area contributed by atoms with Gasteiger partial charge in [-0.1, -0.05) is 12.1 Å². The van der Waals surface area contributed by atoms with Crippen molar-refractivity contribution in [1.29, 1.82) is 0 Å². The third-order valence-corrected chi connectivity index (χ3v) is 5.33. The standard InChI is InChI=1S/C23H27N7O3/c1-28(2)14-21(31)26-17-6-4-16(5-7-17)20-13-30(10-11-33-20)23-27-19(12-22(32)29(23)3)18-8-9-24-15-25-18/h4-9,12,15,20H,10-11,13-14H2,1-3H3,(H,26,31)/t20-/m1/s1. The van der Waals surface area contributed by atoms with Crippen LogP contribution in [0.5, 0.6) is 0 Å². The van der Waals surface area contributed by atoms with Crippen LogP contribution in [0.2, 0.25) is 0 Å². The lowest BCUT2D eigenvalue weighted by molar-refractivity contribution is -0.116. The van der Waals surface area contributed by atoms with E-state index in [-0.39, 0.29) is 17.6 Å². The third-order valence-electron chi connectivity index (χ3n) is 5.33. The summed E-state index contributed by atoms with van der Waals surface area (Å²) >= 11 is 0. The van der Waals surface area contributed by atoms with Gasteiger partial charge in [0.15, 0.2) is 0 Å². The second-order valence-corrected chi connectivity index (χ2v) is 8.15. The first-order valence-electron chi connectivity index (χ1n) is 10.7. The molecule has 0 bridgehead atoms. The van der Waals surface area contributed by atoms with E-state index in [0.717, 1.165) is 11.3 Å². The molecule has 1 atom stereocenters. The minimum absolute atomic E-state index is 0.0663. The second-order valence-electron chi connectivity index (χ2n) is 8.15. The first-order chi connectivity index (χ1) is 15.9. The van der Waals surface area contributed by atoms with Crippen molar-refractivity contribution >= 4 is 17.5 Å². The van der Waals surface area contributed by atoms with E-state index >= 15 is 0 Å². The monoisotopic (exact) mass is 449 g/mol. The molecule has 1 aliphatic heterocycles. The van der Waals surface area contributed by atoms with Crippen molar-refractivity contribution in [1.82, 2.24) is 24.4 Å². The van der Waals surface area contributed by atoms with E-state index in [1.54, 1.807) is 19.3 Å². The van der Waals surface area contributed by atoms with Crippen molar-refractivity contribution in [3.8, 4) is 11.4 Å². The van der Waals surface area contributed by atoms with Gasteiger partial charge in [-0.05, 0) is 37.9 Å². The number of carbonyl (C=O) groups excluding carboxylic acids is 1. The Morgan fingerprint density at radius 3 is 2.70 bits per heavy atom. The molecule has 1 aromatic carbocycles. The summed E-state index contributed by atoms with van der Waals surface area (Å²) in [7, 11) is 5.41. The Kier molecular flexibility index (Phi) is 6.76. The van der Waals surface area contributed by atoms with Crippen LogP contribution in [-0.4, -0.2) is 70.7 Å². The highest BCUT2D eigenvalue weighted by Crippen LogP contribution is 2.26. The number of hydrogen-bond acceptors (Lipinski definition) is 8. The average Bonchev–Trinajstić information content (AvgIpc) is 2.81. The maximum absolute atomic E-state index is 12.6. The molecular weight excluding hydrogens is 422 g/mol. The molecule has 10 heteroatoms. The minimum Gasteiger partial charge on any atom is -0.370 e. The number of nitrogens with one attached hydrogen (secondary N) is 1. The minimum atomic E-state index is -0.190. The van der Waals surface area contributed by atoms with Crippen LogP contribution >= 0.6 is 0 Å². The first-order valence-corrected chi connectivity index (χ1v) is 10.7. The zero-order chi connectivity index (χ0) is 23.4. The molecule has 0 spiro atoms. The number of rotatable bonds is 6. The van der Waals surface area contributed by atoms with Crippen molar-refractivity contribution in [2.45, 2.75) is 6.10 Å². The van der Waals surface area contributed by atoms with E-state index in [1.165, 1.54) is 17.0 Å². The summed E-state index contributed by atoms with van der Waals surface area (Å²) in [5, 5.41) is 2.88. The highest BCUT2D eigenvalue weighted by atomic mass is 16.5. The lowest BCUT2D eigenvalue weighted by atomic mass is 10.1. The van der Waals surface area contributed by atoms with Gasteiger partial charge >= 0.3 is 0 Å². The topological polar surface area (TPSA) is 105 Å². The summed E-state index contributed by atoms with van der Waals surface area (Å²) in [5.74, 6) is 0.500. The Balaban J connectivity index is 1.52. The van der Waals surface area contributed by atoms with Crippen LogP contribution in [0.25, 0.3) is 11.4 Å². The van der Waals surface area contributed by atoms with Crippen molar-refractivity contribution < 1.29 is 9.53 Å². The van der Waals surface area contributed by atoms with Crippen molar-refractivity contribution in [2.24, 2.45) is 7.05 Å². The SMILES string of the molecule is CN(C)CC(=O)Nc1ccc([C@H]2CN(c3nc(-c4ccncn4)cc(=O)n3C)CCO2)cc1. The van der Waals surface area contributed by atoms with Crippen LogP contribution < -0.4 is 15.8 Å². The summed E-state index contributed by atoms with van der Waals surface area (Å²) in [5.41, 5.74) is 2.67. The predicted molar refractivity (Wildman–Crippen MR) is 125 cm³/mol. The van der Waals surface area contributed by atoms with Gasteiger partial charge in [-0.3, -0.25) is 14.2 Å². The van der Waals surface area contributed by atoms with Gasteiger partial charge in [0.2, 0.25) is 11.9 Å². The van der Waals surface area contributed by atoms with Crippen LogP contribution in [0.3, 0.4) is 0 Å². The smallest absolute Gasteiger partial charge is 0.255 e. The molecule has 172 valence electrons. The summed E-state index contributed by atoms with van der Waals surface area (Å²) in [6, 6.07) is 10.8. The first kappa shape index (κ1) is 22.6. The molecule has 4 rings (SSSR count). The molecule has 0 saturated carbocycles. The zero-order valence-electron chi connectivity index (χ0n) is 18.9. The normalized spacial score (nSPS) is 16.1. The number of hydrogen-bond donors (Lipinski definition) is 1. The number of anilines is 2. The number of amides is 1. The van der Waals surface area contributed by atoms with Crippen LogP contribution in [0, 0.1) is 0 Å². The molecule has 0 aliphatic carbocycles. The number of benzene rings is 1. The van der Waals surface area contributed by atoms with Gasteiger partial charge in [0.25, 0.3) is 5.56 Å². The predicted octanol–water partition coefficient (Wildman–Crippen LogP) is 1.32. The van der Waals surface area contributed by atoms with Crippen molar-refractivity contribution in [3.05, 3.63) is 64.8 Å². The fraction of sp³-hybridized carbons (Fsp3) is 0.348. The number of nitrogens with zero attached hydrogens (tertiary/aromatic N) is 6. The quantitative estimate of drug-likeness (QED) is 0.601. The Bertz CT molecular complexity index is 1160. The molecule has 10 nitrogen and oxygen atoms in total. The van der Waals surface area contributed by atoms with Gasteiger partial charge in [-0.2, -0.15) is 0 Å². The summed E-state index contributed by atoms with van der Waals surface area (Å²) < 4.78 is 7.54. The van der Waals surface area contributed by atoms with Gasteiger partial charge in [0.1, 0.15) is 12.4 Å². The van der Waals surface area contributed by atoms with Gasteiger partial charge in [0, 0.05) is 31.5 Å². The molecule has 0 radical (unpaired) electrons. The molecule has 3 aromatic rings. The Labute approximate surface area is 191 Å². The Hall–Kier alpha value is -3.63. The summed E-state index contributed by atoms with van der Waals surface area (Å²) in [4.78, 5) is 41.3. The molecular formula is C23H27N7O3. The summed E-state index contributed by atoms with van der Waals surface area (Å²) in [6.45, 7) is 1.98. The Morgan fingerprint density at radius 1 is 1.21 bits per heavy atom. The third kappa shape index (κ3) is 5.41. The zero-order valence-corrected chi connectivity index (χ0v) is 18.9. The van der Waals surface area contributed by atoms with Crippen molar-refractivity contribution in [3.63, 3.8) is 0 Å². The largest absolute Gasteiger partial charge is 0.370 e. The number of carbonyl (C=O) groups is 1. The van der Waals surface area contributed by atoms with Gasteiger partial charge in [-0.25, -0.2) is 15.0 Å². The fourth-order valence-electron chi connectivity index (χ4n) is 3.69.